The first-order valence-corrected chi connectivity index (χ1v) is 6.45. The van der Waals surface area contributed by atoms with Gasteiger partial charge >= 0.3 is 0 Å². The molecule has 1 aromatic heterocycles. The number of carbonyl (C=O) groups is 1. The molecule has 2 rings (SSSR count). The lowest BCUT2D eigenvalue weighted by atomic mass is 9.87. The maximum atomic E-state index is 11.9. The Hall–Kier alpha value is -1.20. The number of halogens is 1. The third-order valence-electron chi connectivity index (χ3n) is 3.22. The topological polar surface area (TPSA) is 75.1 Å². The van der Waals surface area contributed by atoms with E-state index in [2.05, 4.69) is 15.3 Å². The number of aliphatic hydroxyl groups excluding tert-OH is 1. The Morgan fingerprint density at radius 2 is 2.00 bits per heavy atom. The highest BCUT2D eigenvalue weighted by atomic mass is 35.5. The predicted molar refractivity (Wildman–Crippen MR) is 66.9 cm³/mol. The molecule has 1 fully saturated rings. The fourth-order valence-corrected chi connectivity index (χ4v) is 2.29. The first kappa shape index (κ1) is 13.2. The SMILES string of the molecule is O=C(NCc1nccnc1Cl)C1CCC(O)CC1. The quantitative estimate of drug-likeness (QED) is 0.867. The largest absolute Gasteiger partial charge is 0.393 e. The molecule has 6 heteroatoms. The summed E-state index contributed by atoms with van der Waals surface area (Å²) in [5.74, 6) is -0.00698. The second kappa shape index (κ2) is 6.11. The lowest BCUT2D eigenvalue weighted by Gasteiger charge is -2.24. The van der Waals surface area contributed by atoms with Gasteiger partial charge in [0.25, 0.3) is 0 Å². The van der Waals surface area contributed by atoms with E-state index >= 15 is 0 Å². The molecule has 1 aliphatic rings. The van der Waals surface area contributed by atoms with E-state index in [1.54, 1.807) is 6.20 Å². The molecule has 18 heavy (non-hydrogen) atoms. The molecule has 0 bridgehead atoms. The minimum atomic E-state index is -0.247. The third-order valence-corrected chi connectivity index (χ3v) is 3.54. The Morgan fingerprint density at radius 1 is 1.33 bits per heavy atom. The molecule has 0 saturated heterocycles. The van der Waals surface area contributed by atoms with E-state index in [0.29, 0.717) is 30.2 Å². The maximum Gasteiger partial charge on any atom is 0.223 e. The number of hydrogen-bond donors (Lipinski definition) is 2. The third kappa shape index (κ3) is 3.40. The number of hydrogen-bond acceptors (Lipinski definition) is 4. The van der Waals surface area contributed by atoms with Crippen LogP contribution in [0.25, 0.3) is 0 Å². The minimum Gasteiger partial charge on any atom is -0.393 e. The van der Waals surface area contributed by atoms with Crippen molar-refractivity contribution in [3.05, 3.63) is 23.2 Å². The van der Waals surface area contributed by atoms with Gasteiger partial charge in [-0.1, -0.05) is 11.6 Å². The van der Waals surface area contributed by atoms with Gasteiger partial charge in [-0.2, -0.15) is 0 Å². The second-order valence-corrected chi connectivity index (χ2v) is 4.88. The van der Waals surface area contributed by atoms with Crippen LogP contribution in [-0.4, -0.2) is 27.1 Å². The van der Waals surface area contributed by atoms with Gasteiger partial charge < -0.3 is 10.4 Å². The highest BCUT2D eigenvalue weighted by Gasteiger charge is 2.25. The molecular weight excluding hydrogens is 254 g/mol. The molecule has 0 atom stereocenters. The molecule has 0 unspecified atom stereocenters. The number of amides is 1. The summed E-state index contributed by atoms with van der Waals surface area (Å²) < 4.78 is 0. The molecule has 1 amide bonds. The fraction of sp³-hybridized carbons (Fsp3) is 0.583. The van der Waals surface area contributed by atoms with Gasteiger partial charge in [-0.15, -0.1) is 0 Å². The van der Waals surface area contributed by atoms with Crippen LogP contribution in [0.5, 0.6) is 0 Å². The zero-order valence-corrected chi connectivity index (χ0v) is 10.7. The van der Waals surface area contributed by atoms with Gasteiger partial charge in [0.05, 0.1) is 18.3 Å². The molecule has 0 aliphatic heterocycles. The number of carbonyl (C=O) groups excluding carboxylic acids is 1. The molecule has 0 radical (unpaired) electrons. The maximum absolute atomic E-state index is 11.9. The summed E-state index contributed by atoms with van der Waals surface area (Å²) in [7, 11) is 0. The molecule has 5 nitrogen and oxygen atoms in total. The van der Waals surface area contributed by atoms with Gasteiger partial charge in [-0.3, -0.25) is 9.78 Å². The second-order valence-electron chi connectivity index (χ2n) is 4.52. The van der Waals surface area contributed by atoms with Crippen molar-refractivity contribution in [1.29, 1.82) is 0 Å². The van der Waals surface area contributed by atoms with E-state index in [0.717, 1.165) is 12.8 Å². The summed E-state index contributed by atoms with van der Waals surface area (Å²) in [6.07, 6.45) is 5.68. The summed E-state index contributed by atoms with van der Waals surface area (Å²) in [5.41, 5.74) is 0.573. The molecule has 1 aliphatic carbocycles. The number of aliphatic hydroxyl groups is 1. The van der Waals surface area contributed by atoms with Crippen LogP contribution < -0.4 is 5.32 Å². The highest BCUT2D eigenvalue weighted by Crippen LogP contribution is 2.24. The van der Waals surface area contributed by atoms with Gasteiger partial charge in [0.1, 0.15) is 0 Å². The Morgan fingerprint density at radius 3 is 2.67 bits per heavy atom. The smallest absolute Gasteiger partial charge is 0.223 e. The van der Waals surface area contributed by atoms with Gasteiger partial charge in [-0.05, 0) is 25.7 Å². The molecule has 2 N–H and O–H groups in total. The molecule has 1 aromatic rings. The van der Waals surface area contributed by atoms with Crippen LogP contribution in [0.2, 0.25) is 5.15 Å². The van der Waals surface area contributed by atoms with Crippen molar-refractivity contribution in [3.63, 3.8) is 0 Å². The number of aromatic nitrogens is 2. The van der Waals surface area contributed by atoms with Crippen LogP contribution in [-0.2, 0) is 11.3 Å². The van der Waals surface area contributed by atoms with E-state index < -0.39 is 0 Å². The van der Waals surface area contributed by atoms with Crippen molar-refractivity contribution in [3.8, 4) is 0 Å². The van der Waals surface area contributed by atoms with Gasteiger partial charge in [0.2, 0.25) is 5.91 Å². The molecule has 98 valence electrons. The van der Waals surface area contributed by atoms with Crippen molar-refractivity contribution in [2.24, 2.45) is 5.92 Å². The number of nitrogens with one attached hydrogen (secondary N) is 1. The lowest BCUT2D eigenvalue weighted by molar-refractivity contribution is -0.126. The fourth-order valence-electron chi connectivity index (χ4n) is 2.12. The predicted octanol–water partition coefficient (Wildman–Crippen LogP) is 1.30. The number of rotatable bonds is 3. The summed E-state index contributed by atoms with van der Waals surface area (Å²) in [5, 5.41) is 12.5. The normalized spacial score (nSPS) is 23.7. The average molecular weight is 270 g/mol. The summed E-state index contributed by atoms with van der Waals surface area (Å²) in [6, 6.07) is 0. The van der Waals surface area contributed by atoms with Crippen molar-refractivity contribution in [2.75, 3.05) is 0 Å². The zero-order valence-electron chi connectivity index (χ0n) is 9.97. The van der Waals surface area contributed by atoms with E-state index in [1.807, 2.05) is 0 Å². The van der Waals surface area contributed by atoms with E-state index in [4.69, 9.17) is 11.6 Å². The van der Waals surface area contributed by atoms with Crippen molar-refractivity contribution in [1.82, 2.24) is 15.3 Å². The molecule has 1 heterocycles. The lowest BCUT2D eigenvalue weighted by Crippen LogP contribution is -2.34. The summed E-state index contributed by atoms with van der Waals surface area (Å²) in [6.45, 7) is 0.296. The molecule has 0 aromatic carbocycles. The summed E-state index contributed by atoms with van der Waals surface area (Å²) in [4.78, 5) is 19.9. The summed E-state index contributed by atoms with van der Waals surface area (Å²) >= 11 is 5.85. The first-order valence-electron chi connectivity index (χ1n) is 6.08. The van der Waals surface area contributed by atoms with Crippen molar-refractivity contribution < 1.29 is 9.90 Å². The Labute approximate surface area is 111 Å². The van der Waals surface area contributed by atoms with Crippen molar-refractivity contribution >= 4 is 17.5 Å². The van der Waals surface area contributed by atoms with Gasteiger partial charge in [-0.25, -0.2) is 4.98 Å². The molecule has 1 saturated carbocycles. The van der Waals surface area contributed by atoms with E-state index in [-0.39, 0.29) is 17.9 Å². The molecular formula is C12H16ClN3O2. The standard InChI is InChI=1S/C12H16ClN3O2/c13-11-10(14-5-6-15-11)7-16-12(18)8-1-3-9(17)4-2-8/h5-6,8-9,17H,1-4,7H2,(H,16,18). The van der Waals surface area contributed by atoms with Crippen LogP contribution in [0.3, 0.4) is 0 Å². The van der Waals surface area contributed by atoms with Crippen molar-refractivity contribution in [2.45, 2.75) is 38.3 Å². The van der Waals surface area contributed by atoms with Crippen LogP contribution in [0.4, 0.5) is 0 Å². The number of nitrogens with zero attached hydrogens (tertiary/aromatic N) is 2. The zero-order chi connectivity index (χ0) is 13.0. The van der Waals surface area contributed by atoms with E-state index in [9.17, 15) is 9.90 Å². The highest BCUT2D eigenvalue weighted by molar-refractivity contribution is 6.29. The minimum absolute atomic E-state index is 0.00335. The Kier molecular flexibility index (Phi) is 4.49. The van der Waals surface area contributed by atoms with E-state index in [1.165, 1.54) is 6.20 Å². The Bertz CT molecular complexity index is 420. The first-order chi connectivity index (χ1) is 8.66. The monoisotopic (exact) mass is 269 g/mol. The van der Waals surface area contributed by atoms with Crippen LogP contribution in [0.1, 0.15) is 31.4 Å². The van der Waals surface area contributed by atoms with Crippen LogP contribution >= 0.6 is 11.6 Å². The molecule has 0 spiro atoms. The van der Waals surface area contributed by atoms with Gasteiger partial charge in [0.15, 0.2) is 5.15 Å². The Balaban J connectivity index is 1.83. The van der Waals surface area contributed by atoms with Crippen LogP contribution in [0, 0.1) is 5.92 Å². The van der Waals surface area contributed by atoms with Crippen LogP contribution in [0.15, 0.2) is 12.4 Å². The van der Waals surface area contributed by atoms with Gasteiger partial charge in [0, 0.05) is 18.3 Å². The average Bonchev–Trinajstić information content (AvgIpc) is 2.38.